The van der Waals surface area contributed by atoms with Gasteiger partial charge in [-0.1, -0.05) is 115 Å². The standard InChI is InChI=1S/C44H27NO2/c1-2-11-33-28(9-1)10-7-14-34(33)29-19-22-31(23-20-29)45(39-16-8-15-37-36-12-3-5-17-40(36)47-44(37)39)32-24-25-35-30(27-32)21-26-42-43(35)38-13-4-6-18-41(38)46-42/h1-27H. The number of rotatable bonds is 4. The van der Waals surface area contributed by atoms with Crippen LogP contribution in [0.3, 0.4) is 0 Å². The van der Waals surface area contributed by atoms with Crippen LogP contribution >= 0.6 is 0 Å². The predicted molar refractivity (Wildman–Crippen MR) is 196 cm³/mol. The molecule has 3 nitrogen and oxygen atoms in total. The van der Waals surface area contributed by atoms with Crippen LogP contribution < -0.4 is 4.90 Å². The van der Waals surface area contributed by atoms with E-state index < -0.39 is 0 Å². The maximum Gasteiger partial charge on any atom is 0.159 e. The summed E-state index contributed by atoms with van der Waals surface area (Å²) in [4.78, 5) is 2.31. The van der Waals surface area contributed by atoms with Crippen molar-refractivity contribution in [2.24, 2.45) is 0 Å². The molecule has 220 valence electrons. The number of para-hydroxylation sites is 3. The zero-order valence-corrected chi connectivity index (χ0v) is 25.4. The molecule has 2 heterocycles. The predicted octanol–water partition coefficient (Wildman–Crippen LogP) is 12.9. The fourth-order valence-corrected chi connectivity index (χ4v) is 7.28. The molecule has 0 aliphatic heterocycles. The van der Waals surface area contributed by atoms with E-state index in [-0.39, 0.29) is 0 Å². The van der Waals surface area contributed by atoms with Gasteiger partial charge in [-0.3, -0.25) is 0 Å². The summed E-state index contributed by atoms with van der Waals surface area (Å²) in [5.74, 6) is 0. The molecule has 47 heavy (non-hydrogen) atoms. The van der Waals surface area contributed by atoms with Gasteiger partial charge < -0.3 is 13.7 Å². The highest BCUT2D eigenvalue weighted by Crippen LogP contribution is 2.44. The summed E-state index contributed by atoms with van der Waals surface area (Å²) >= 11 is 0. The van der Waals surface area contributed by atoms with Gasteiger partial charge in [-0.15, -0.1) is 0 Å². The molecule has 0 N–H and O–H groups in total. The van der Waals surface area contributed by atoms with Gasteiger partial charge in [0.2, 0.25) is 0 Å². The van der Waals surface area contributed by atoms with Crippen molar-refractivity contribution in [3.8, 4) is 11.1 Å². The van der Waals surface area contributed by atoms with E-state index in [0.717, 1.165) is 66.3 Å². The number of nitrogens with zero attached hydrogens (tertiary/aromatic N) is 1. The van der Waals surface area contributed by atoms with Gasteiger partial charge in [-0.05, 0) is 81.2 Å². The smallest absolute Gasteiger partial charge is 0.159 e. The molecule has 0 atom stereocenters. The van der Waals surface area contributed by atoms with Crippen molar-refractivity contribution < 1.29 is 8.83 Å². The maximum absolute atomic E-state index is 6.58. The molecule has 0 amide bonds. The van der Waals surface area contributed by atoms with Crippen molar-refractivity contribution in [1.29, 1.82) is 0 Å². The van der Waals surface area contributed by atoms with E-state index in [1.807, 2.05) is 24.3 Å². The lowest BCUT2D eigenvalue weighted by Gasteiger charge is -2.26. The summed E-state index contributed by atoms with van der Waals surface area (Å²) in [7, 11) is 0. The Morgan fingerprint density at radius 2 is 1.06 bits per heavy atom. The van der Waals surface area contributed by atoms with Gasteiger partial charge >= 0.3 is 0 Å². The Balaban J connectivity index is 1.19. The molecule has 0 aliphatic carbocycles. The van der Waals surface area contributed by atoms with E-state index in [0.29, 0.717) is 0 Å². The lowest BCUT2D eigenvalue weighted by Crippen LogP contribution is -2.10. The maximum atomic E-state index is 6.58. The van der Waals surface area contributed by atoms with Crippen molar-refractivity contribution in [2.45, 2.75) is 0 Å². The van der Waals surface area contributed by atoms with Crippen molar-refractivity contribution >= 4 is 82.5 Å². The fraction of sp³-hybridized carbons (Fsp3) is 0. The second-order valence-corrected chi connectivity index (χ2v) is 12.1. The second kappa shape index (κ2) is 10.1. The average molecular weight is 602 g/mol. The highest BCUT2D eigenvalue weighted by molar-refractivity contribution is 6.19. The van der Waals surface area contributed by atoms with Crippen LogP contribution in [0.1, 0.15) is 0 Å². The summed E-state index contributed by atoms with van der Waals surface area (Å²) in [5, 5.41) is 9.30. The molecule has 0 aliphatic rings. The summed E-state index contributed by atoms with van der Waals surface area (Å²) < 4.78 is 12.8. The molecule has 3 heteroatoms. The Hall–Kier alpha value is -6.32. The van der Waals surface area contributed by atoms with Crippen molar-refractivity contribution in [1.82, 2.24) is 0 Å². The molecule has 0 saturated carbocycles. The first-order valence-corrected chi connectivity index (χ1v) is 15.9. The fourth-order valence-electron chi connectivity index (χ4n) is 7.28. The summed E-state index contributed by atoms with van der Waals surface area (Å²) in [5.41, 5.74) is 9.06. The van der Waals surface area contributed by atoms with E-state index >= 15 is 0 Å². The molecule has 0 bridgehead atoms. The van der Waals surface area contributed by atoms with Gasteiger partial charge in [0.15, 0.2) is 5.58 Å². The number of benzene rings is 8. The minimum atomic E-state index is 0.864. The largest absolute Gasteiger partial charge is 0.456 e. The lowest BCUT2D eigenvalue weighted by molar-refractivity contribution is 0.669. The van der Waals surface area contributed by atoms with Crippen LogP contribution in [0.15, 0.2) is 173 Å². The number of furan rings is 2. The van der Waals surface area contributed by atoms with Crippen LogP contribution in [-0.2, 0) is 0 Å². The molecular weight excluding hydrogens is 574 g/mol. The molecule has 2 aromatic heterocycles. The van der Waals surface area contributed by atoms with Crippen molar-refractivity contribution in [3.63, 3.8) is 0 Å². The van der Waals surface area contributed by atoms with Gasteiger partial charge in [-0.2, -0.15) is 0 Å². The van der Waals surface area contributed by atoms with E-state index in [9.17, 15) is 0 Å². The average Bonchev–Trinajstić information content (AvgIpc) is 3.71. The number of fused-ring (bicyclic) bond motifs is 9. The van der Waals surface area contributed by atoms with Crippen LogP contribution in [0, 0.1) is 0 Å². The van der Waals surface area contributed by atoms with E-state index in [1.165, 1.54) is 27.3 Å². The van der Waals surface area contributed by atoms with Crippen molar-refractivity contribution in [2.75, 3.05) is 4.90 Å². The SMILES string of the molecule is c1ccc2c(-c3ccc(N(c4ccc5c(ccc6oc7ccccc7c65)c4)c4cccc5c4oc4ccccc45)cc3)cccc2c1. The first kappa shape index (κ1) is 26.0. The van der Waals surface area contributed by atoms with Crippen molar-refractivity contribution in [3.05, 3.63) is 164 Å². The normalized spacial score (nSPS) is 11.8. The molecule has 0 unspecified atom stereocenters. The third-order valence-corrected chi connectivity index (χ3v) is 9.45. The number of hydrogen-bond donors (Lipinski definition) is 0. The third kappa shape index (κ3) is 4.00. The molecule has 0 spiro atoms. The van der Waals surface area contributed by atoms with Crippen LogP contribution in [0.5, 0.6) is 0 Å². The number of hydrogen-bond acceptors (Lipinski definition) is 3. The summed E-state index contributed by atoms with van der Waals surface area (Å²) in [6.07, 6.45) is 0. The van der Waals surface area contributed by atoms with Crippen LogP contribution in [0.4, 0.5) is 17.1 Å². The molecule has 10 rings (SSSR count). The zero-order valence-electron chi connectivity index (χ0n) is 25.4. The second-order valence-electron chi connectivity index (χ2n) is 12.1. The monoisotopic (exact) mass is 601 g/mol. The molecular formula is C44H27NO2. The Kier molecular flexibility index (Phi) is 5.57. The van der Waals surface area contributed by atoms with Gasteiger partial charge in [0.05, 0.1) is 5.69 Å². The van der Waals surface area contributed by atoms with Crippen LogP contribution in [0.2, 0.25) is 0 Å². The highest BCUT2D eigenvalue weighted by atomic mass is 16.3. The first-order valence-electron chi connectivity index (χ1n) is 15.9. The van der Waals surface area contributed by atoms with E-state index in [1.54, 1.807) is 0 Å². The van der Waals surface area contributed by atoms with Gasteiger partial charge in [0, 0.05) is 32.9 Å². The molecule has 0 radical (unpaired) electrons. The third-order valence-electron chi connectivity index (χ3n) is 9.45. The quantitative estimate of drug-likeness (QED) is 0.201. The zero-order chi connectivity index (χ0) is 30.9. The topological polar surface area (TPSA) is 29.5 Å². The molecule has 0 fully saturated rings. The molecule has 8 aromatic carbocycles. The van der Waals surface area contributed by atoms with Crippen LogP contribution in [-0.4, -0.2) is 0 Å². The first-order chi connectivity index (χ1) is 23.3. The Morgan fingerprint density at radius 3 is 1.94 bits per heavy atom. The van der Waals surface area contributed by atoms with Crippen LogP contribution in [0.25, 0.3) is 76.5 Å². The lowest BCUT2D eigenvalue weighted by atomic mass is 9.98. The minimum absolute atomic E-state index is 0.864. The molecule has 0 saturated heterocycles. The Morgan fingerprint density at radius 1 is 0.383 bits per heavy atom. The summed E-state index contributed by atoms with van der Waals surface area (Å²) in [6.45, 7) is 0. The van der Waals surface area contributed by atoms with Gasteiger partial charge in [-0.25, -0.2) is 0 Å². The van der Waals surface area contributed by atoms with E-state index in [4.69, 9.17) is 8.83 Å². The summed E-state index contributed by atoms with van der Waals surface area (Å²) in [6, 6.07) is 57.9. The van der Waals surface area contributed by atoms with E-state index in [2.05, 4.69) is 144 Å². The van der Waals surface area contributed by atoms with Gasteiger partial charge in [0.25, 0.3) is 0 Å². The Bertz CT molecular complexity index is 2800. The highest BCUT2D eigenvalue weighted by Gasteiger charge is 2.20. The van der Waals surface area contributed by atoms with Gasteiger partial charge in [0.1, 0.15) is 16.7 Å². The minimum Gasteiger partial charge on any atom is -0.456 e. The molecule has 10 aromatic rings. The number of anilines is 3. The Labute approximate surface area is 270 Å².